The lowest BCUT2D eigenvalue weighted by Gasteiger charge is -2.18. The maximum Gasteiger partial charge on any atom is 0.306 e. The van der Waals surface area contributed by atoms with Gasteiger partial charge in [-0.15, -0.1) is 0 Å². The fourth-order valence-corrected chi connectivity index (χ4v) is 5.80. The number of hydrogen-bond donors (Lipinski definition) is 1. The molecule has 4 heteroatoms. The second-order valence-electron chi connectivity index (χ2n) is 13.1. The van der Waals surface area contributed by atoms with E-state index >= 15 is 0 Å². The Labute approximate surface area is 274 Å². The summed E-state index contributed by atoms with van der Waals surface area (Å²) < 4.78 is 5.93. The van der Waals surface area contributed by atoms with Crippen molar-refractivity contribution in [1.82, 2.24) is 0 Å². The zero-order valence-corrected chi connectivity index (χ0v) is 29.5. The van der Waals surface area contributed by atoms with E-state index in [-0.39, 0.29) is 18.5 Å². The van der Waals surface area contributed by atoms with Crippen molar-refractivity contribution in [3.8, 4) is 0 Å². The molecule has 0 aliphatic heterocycles. The zero-order chi connectivity index (χ0) is 32.2. The molecule has 0 rings (SSSR count). The first-order valence-corrected chi connectivity index (χ1v) is 19.3. The third-order valence-electron chi connectivity index (χ3n) is 8.68. The zero-order valence-electron chi connectivity index (χ0n) is 29.5. The Morgan fingerprint density at radius 2 is 0.886 bits per heavy atom. The van der Waals surface area contributed by atoms with Crippen molar-refractivity contribution in [3.63, 3.8) is 0 Å². The van der Waals surface area contributed by atoms with E-state index in [1.807, 2.05) is 0 Å². The minimum atomic E-state index is -0.712. The predicted molar refractivity (Wildman–Crippen MR) is 190 cm³/mol. The lowest BCUT2D eigenvalue weighted by Crippen LogP contribution is -2.18. The van der Waals surface area contributed by atoms with Crippen LogP contribution in [0, 0.1) is 0 Å². The highest BCUT2D eigenvalue weighted by Gasteiger charge is 2.14. The van der Waals surface area contributed by atoms with Gasteiger partial charge in [0.25, 0.3) is 0 Å². The van der Waals surface area contributed by atoms with E-state index in [1.165, 1.54) is 122 Å². The lowest BCUT2D eigenvalue weighted by atomic mass is 10.0. The van der Waals surface area contributed by atoms with Crippen molar-refractivity contribution in [2.45, 2.75) is 219 Å². The number of carboxylic acids is 1. The summed E-state index contributed by atoms with van der Waals surface area (Å²) in [5.74, 6) is -0.731. The fourth-order valence-electron chi connectivity index (χ4n) is 5.80. The summed E-state index contributed by atoms with van der Waals surface area (Å²) >= 11 is 0. The molecule has 258 valence electrons. The molecule has 44 heavy (non-hydrogen) atoms. The highest BCUT2D eigenvalue weighted by Crippen LogP contribution is 2.18. The van der Waals surface area contributed by atoms with Gasteiger partial charge in [0.05, 0.1) is 0 Å². The van der Waals surface area contributed by atoms with Crippen LogP contribution < -0.4 is 0 Å². The van der Waals surface area contributed by atoms with Crippen molar-refractivity contribution in [2.24, 2.45) is 0 Å². The summed E-state index contributed by atoms with van der Waals surface area (Å²) in [7, 11) is 0. The number of ether oxygens (including phenoxy) is 1. The van der Waals surface area contributed by atoms with Gasteiger partial charge < -0.3 is 9.84 Å². The summed E-state index contributed by atoms with van der Waals surface area (Å²) in [5, 5.41) is 8.80. The Kier molecular flexibility index (Phi) is 34.6. The van der Waals surface area contributed by atoms with E-state index in [0.29, 0.717) is 6.42 Å². The minimum absolute atomic E-state index is 0.0188. The van der Waals surface area contributed by atoms with Crippen molar-refractivity contribution < 1.29 is 19.4 Å². The molecule has 0 aromatic carbocycles. The van der Waals surface area contributed by atoms with Gasteiger partial charge in [-0.25, -0.2) is 0 Å². The Morgan fingerprint density at radius 1 is 0.500 bits per heavy atom. The first-order chi connectivity index (χ1) is 21.6. The van der Waals surface area contributed by atoms with Crippen molar-refractivity contribution in [2.75, 3.05) is 0 Å². The van der Waals surface area contributed by atoms with Gasteiger partial charge in [-0.1, -0.05) is 154 Å². The summed E-state index contributed by atoms with van der Waals surface area (Å²) in [6, 6.07) is 0. The molecule has 0 aromatic rings. The van der Waals surface area contributed by atoms with Crippen molar-refractivity contribution in [3.05, 3.63) is 24.3 Å². The second-order valence-corrected chi connectivity index (χ2v) is 13.1. The first-order valence-electron chi connectivity index (χ1n) is 19.3. The molecule has 0 fully saturated rings. The van der Waals surface area contributed by atoms with Gasteiger partial charge in [0.15, 0.2) is 0 Å². The van der Waals surface area contributed by atoms with Crippen LogP contribution in [0.3, 0.4) is 0 Å². The van der Waals surface area contributed by atoms with Gasteiger partial charge in [0.2, 0.25) is 0 Å². The topological polar surface area (TPSA) is 63.6 Å². The number of carboxylic acid groups (broad SMARTS) is 1. The number of carbonyl (C=O) groups is 2. The standard InChI is InChI=1S/C40H74O4/c1-3-5-7-9-11-12-13-14-15-16-17-18-19-20-21-22-23-24-25-27-33-37-40(43)44-38(34-30-26-10-8-6-4-2)35-31-28-29-32-36-39(41)42/h13-14,16-17,38H,3-12,15,18-37H2,1-2H3,(H,41,42)/b14-13-,17-16-. The molecule has 0 radical (unpaired) electrons. The molecule has 1 unspecified atom stereocenters. The van der Waals surface area contributed by atoms with Crippen LogP contribution in [-0.2, 0) is 14.3 Å². The van der Waals surface area contributed by atoms with Crippen LogP contribution in [-0.4, -0.2) is 23.1 Å². The van der Waals surface area contributed by atoms with Crippen LogP contribution in [0.25, 0.3) is 0 Å². The fraction of sp³-hybridized carbons (Fsp3) is 0.850. The van der Waals surface area contributed by atoms with Gasteiger partial charge in [-0.2, -0.15) is 0 Å². The van der Waals surface area contributed by atoms with Gasteiger partial charge in [-0.05, 0) is 70.6 Å². The number of unbranched alkanes of at least 4 members (excludes halogenated alkanes) is 22. The Bertz CT molecular complexity index is 668. The van der Waals surface area contributed by atoms with E-state index in [2.05, 4.69) is 38.2 Å². The normalized spacial score (nSPS) is 12.4. The maximum atomic E-state index is 12.5. The SMILES string of the molecule is CCCCCCC/C=C\C/C=C\CCCCCCCCCCCC(=O)OC(CCCCCCCC)CCCCCCC(=O)O. The average molecular weight is 619 g/mol. The van der Waals surface area contributed by atoms with E-state index < -0.39 is 5.97 Å². The number of esters is 1. The molecule has 0 saturated heterocycles. The second kappa shape index (κ2) is 35.9. The highest BCUT2D eigenvalue weighted by molar-refractivity contribution is 5.69. The Morgan fingerprint density at radius 3 is 1.34 bits per heavy atom. The molecule has 0 aliphatic rings. The van der Waals surface area contributed by atoms with E-state index in [9.17, 15) is 9.59 Å². The molecule has 0 amide bonds. The Hall–Kier alpha value is -1.58. The van der Waals surface area contributed by atoms with Crippen LogP contribution in [0.15, 0.2) is 24.3 Å². The van der Waals surface area contributed by atoms with Gasteiger partial charge in [-0.3, -0.25) is 9.59 Å². The van der Waals surface area contributed by atoms with Crippen molar-refractivity contribution >= 4 is 11.9 Å². The number of rotatable bonds is 35. The van der Waals surface area contributed by atoms with Crippen LogP contribution in [0.2, 0.25) is 0 Å². The van der Waals surface area contributed by atoms with Gasteiger partial charge in [0, 0.05) is 12.8 Å². The van der Waals surface area contributed by atoms with E-state index in [0.717, 1.165) is 64.2 Å². The minimum Gasteiger partial charge on any atom is -0.481 e. The van der Waals surface area contributed by atoms with Crippen molar-refractivity contribution in [1.29, 1.82) is 0 Å². The molecule has 0 heterocycles. The van der Waals surface area contributed by atoms with E-state index in [1.54, 1.807) is 0 Å². The summed E-state index contributed by atoms with van der Waals surface area (Å²) in [6.07, 6.45) is 44.9. The summed E-state index contributed by atoms with van der Waals surface area (Å²) in [6.45, 7) is 4.51. The largest absolute Gasteiger partial charge is 0.481 e. The van der Waals surface area contributed by atoms with Crippen LogP contribution >= 0.6 is 0 Å². The molecule has 0 aromatic heterocycles. The molecule has 0 aliphatic carbocycles. The molecule has 1 N–H and O–H groups in total. The number of aliphatic carboxylic acids is 1. The first kappa shape index (κ1) is 42.4. The van der Waals surface area contributed by atoms with Crippen LogP contribution in [0.1, 0.15) is 213 Å². The maximum absolute atomic E-state index is 12.5. The van der Waals surface area contributed by atoms with Crippen LogP contribution in [0.4, 0.5) is 0 Å². The molecule has 4 nitrogen and oxygen atoms in total. The molecule has 0 bridgehead atoms. The molecular formula is C40H74O4. The highest BCUT2D eigenvalue weighted by atomic mass is 16.5. The third kappa shape index (κ3) is 34.9. The smallest absolute Gasteiger partial charge is 0.306 e. The van der Waals surface area contributed by atoms with Gasteiger partial charge in [0.1, 0.15) is 6.10 Å². The molecule has 0 saturated carbocycles. The predicted octanol–water partition coefficient (Wildman–Crippen LogP) is 13.2. The quantitative estimate of drug-likeness (QED) is 0.0436. The third-order valence-corrected chi connectivity index (χ3v) is 8.68. The molecular weight excluding hydrogens is 544 g/mol. The van der Waals surface area contributed by atoms with Gasteiger partial charge >= 0.3 is 11.9 Å². The lowest BCUT2D eigenvalue weighted by molar-refractivity contribution is -0.150. The Balaban J connectivity index is 3.77. The average Bonchev–Trinajstić information content (AvgIpc) is 3.01. The molecule has 0 spiro atoms. The summed E-state index contributed by atoms with van der Waals surface area (Å²) in [4.78, 5) is 23.2. The number of carbonyl (C=O) groups excluding carboxylic acids is 1. The number of allylic oxidation sites excluding steroid dienone is 4. The van der Waals surface area contributed by atoms with E-state index in [4.69, 9.17) is 9.84 Å². The molecule has 1 atom stereocenters. The van der Waals surface area contributed by atoms with Crippen LogP contribution in [0.5, 0.6) is 0 Å². The monoisotopic (exact) mass is 619 g/mol. The number of hydrogen-bond acceptors (Lipinski definition) is 3. The summed E-state index contributed by atoms with van der Waals surface area (Å²) in [5.41, 5.74) is 0.